The maximum Gasteiger partial charge on any atom is 0.263 e. The third kappa shape index (κ3) is 3.86. The molecule has 2 rings (SSSR count). The summed E-state index contributed by atoms with van der Waals surface area (Å²) in [5, 5.41) is 3.27. The first-order valence-electron chi connectivity index (χ1n) is 7.09. The quantitative estimate of drug-likeness (QED) is 0.907. The van der Waals surface area contributed by atoms with E-state index in [2.05, 4.69) is 5.32 Å². The summed E-state index contributed by atoms with van der Waals surface area (Å²) in [6.45, 7) is 3.21. The first-order valence-corrected chi connectivity index (χ1v) is 7.47. The molecule has 1 fully saturated rings. The fourth-order valence-electron chi connectivity index (χ4n) is 2.62. The number of nitrogens with one attached hydrogen (secondary N) is 1. The predicted octanol–water partition coefficient (Wildman–Crippen LogP) is 2.46. The zero-order valence-corrected chi connectivity index (χ0v) is 13.0. The number of benzene rings is 1. The SMILES string of the molecule is CNC[C@@H]1CCCN1C(=O)[C@@H](C)Oc1ccc(F)cc1Cl. The monoisotopic (exact) mass is 314 g/mol. The van der Waals surface area contributed by atoms with Gasteiger partial charge in [0.1, 0.15) is 11.6 Å². The number of hydrogen-bond acceptors (Lipinski definition) is 3. The van der Waals surface area contributed by atoms with Crippen LogP contribution in [0.15, 0.2) is 18.2 Å². The fraction of sp³-hybridized carbons (Fsp3) is 0.533. The average Bonchev–Trinajstić information content (AvgIpc) is 2.89. The summed E-state index contributed by atoms with van der Waals surface area (Å²) in [6, 6.07) is 4.08. The first-order chi connectivity index (χ1) is 10.0. The summed E-state index contributed by atoms with van der Waals surface area (Å²) < 4.78 is 18.6. The molecule has 21 heavy (non-hydrogen) atoms. The van der Waals surface area contributed by atoms with Crippen LogP contribution in [0.1, 0.15) is 19.8 Å². The van der Waals surface area contributed by atoms with Crippen LogP contribution >= 0.6 is 11.6 Å². The third-order valence-electron chi connectivity index (χ3n) is 3.65. The van der Waals surface area contributed by atoms with Gasteiger partial charge < -0.3 is 15.0 Å². The van der Waals surface area contributed by atoms with Crippen LogP contribution in [0.5, 0.6) is 5.75 Å². The number of carbonyl (C=O) groups excluding carboxylic acids is 1. The molecule has 1 heterocycles. The Bertz CT molecular complexity index is 512. The van der Waals surface area contributed by atoms with E-state index in [9.17, 15) is 9.18 Å². The van der Waals surface area contributed by atoms with E-state index in [1.54, 1.807) is 6.92 Å². The van der Waals surface area contributed by atoms with Crippen LogP contribution in [0.4, 0.5) is 4.39 Å². The van der Waals surface area contributed by atoms with Crippen molar-refractivity contribution >= 4 is 17.5 Å². The zero-order chi connectivity index (χ0) is 15.4. The largest absolute Gasteiger partial charge is 0.479 e. The van der Waals surface area contributed by atoms with Gasteiger partial charge in [-0.15, -0.1) is 0 Å². The van der Waals surface area contributed by atoms with Crippen molar-refractivity contribution < 1.29 is 13.9 Å². The Morgan fingerprint density at radius 2 is 2.38 bits per heavy atom. The lowest BCUT2D eigenvalue weighted by Crippen LogP contribution is -2.46. The lowest BCUT2D eigenvalue weighted by Gasteiger charge is -2.27. The van der Waals surface area contributed by atoms with Crippen molar-refractivity contribution in [3.05, 3.63) is 29.0 Å². The Hall–Kier alpha value is -1.33. The van der Waals surface area contributed by atoms with Gasteiger partial charge in [0.15, 0.2) is 6.10 Å². The van der Waals surface area contributed by atoms with Gasteiger partial charge in [-0.25, -0.2) is 4.39 Å². The van der Waals surface area contributed by atoms with Crippen LogP contribution in [-0.2, 0) is 4.79 Å². The maximum absolute atomic E-state index is 13.0. The van der Waals surface area contributed by atoms with E-state index in [0.717, 1.165) is 25.9 Å². The van der Waals surface area contributed by atoms with Gasteiger partial charge in [-0.1, -0.05) is 11.6 Å². The molecule has 0 saturated carbocycles. The molecule has 1 amide bonds. The van der Waals surface area contributed by atoms with E-state index in [0.29, 0.717) is 5.75 Å². The summed E-state index contributed by atoms with van der Waals surface area (Å²) in [7, 11) is 1.87. The lowest BCUT2D eigenvalue weighted by molar-refractivity contribution is -0.138. The van der Waals surface area contributed by atoms with Crippen molar-refractivity contribution in [2.24, 2.45) is 0 Å². The molecule has 1 N–H and O–H groups in total. The van der Waals surface area contributed by atoms with Crippen molar-refractivity contribution in [3.63, 3.8) is 0 Å². The van der Waals surface area contributed by atoms with Crippen molar-refractivity contribution in [2.75, 3.05) is 20.1 Å². The number of halogens is 2. The minimum atomic E-state index is -0.648. The second-order valence-corrected chi connectivity index (χ2v) is 5.63. The molecule has 1 aromatic rings. The molecule has 116 valence electrons. The lowest BCUT2D eigenvalue weighted by atomic mass is 10.2. The van der Waals surface area contributed by atoms with Gasteiger partial charge in [-0.05, 0) is 45.0 Å². The Morgan fingerprint density at radius 1 is 1.62 bits per heavy atom. The van der Waals surface area contributed by atoms with Gasteiger partial charge >= 0.3 is 0 Å². The predicted molar refractivity (Wildman–Crippen MR) is 80.2 cm³/mol. The topological polar surface area (TPSA) is 41.6 Å². The average molecular weight is 315 g/mol. The summed E-state index contributed by atoms with van der Waals surface area (Å²) in [5.74, 6) is -0.170. The van der Waals surface area contributed by atoms with E-state index in [4.69, 9.17) is 16.3 Å². The molecule has 0 spiro atoms. The molecule has 0 unspecified atom stereocenters. The van der Waals surface area contributed by atoms with E-state index in [1.807, 2.05) is 11.9 Å². The molecule has 2 atom stereocenters. The van der Waals surface area contributed by atoms with Gasteiger partial charge in [0.2, 0.25) is 0 Å². The third-order valence-corrected chi connectivity index (χ3v) is 3.94. The van der Waals surface area contributed by atoms with E-state index in [-0.39, 0.29) is 17.0 Å². The molecule has 1 aromatic carbocycles. The van der Waals surface area contributed by atoms with Crippen LogP contribution in [0.2, 0.25) is 5.02 Å². The van der Waals surface area contributed by atoms with Crippen molar-refractivity contribution in [2.45, 2.75) is 31.9 Å². The summed E-state index contributed by atoms with van der Waals surface area (Å²) in [5.41, 5.74) is 0. The molecule has 4 nitrogen and oxygen atoms in total. The van der Waals surface area contributed by atoms with Gasteiger partial charge in [0.25, 0.3) is 5.91 Å². The molecule has 1 aliphatic heterocycles. The molecule has 0 bridgehead atoms. The highest BCUT2D eigenvalue weighted by molar-refractivity contribution is 6.32. The summed E-state index contributed by atoms with van der Waals surface area (Å²) in [6.07, 6.45) is 1.35. The molecular weight excluding hydrogens is 295 g/mol. The van der Waals surface area contributed by atoms with Gasteiger partial charge in [-0.3, -0.25) is 4.79 Å². The molecule has 6 heteroatoms. The Balaban J connectivity index is 2.02. The second-order valence-electron chi connectivity index (χ2n) is 5.22. The van der Waals surface area contributed by atoms with Crippen LogP contribution in [0.25, 0.3) is 0 Å². The maximum atomic E-state index is 13.0. The summed E-state index contributed by atoms with van der Waals surface area (Å²) >= 11 is 5.92. The highest BCUT2D eigenvalue weighted by atomic mass is 35.5. The Kier molecular flexibility index (Phi) is 5.42. The number of ether oxygens (including phenoxy) is 1. The van der Waals surface area contributed by atoms with Crippen molar-refractivity contribution in [3.8, 4) is 5.75 Å². The second kappa shape index (κ2) is 7.09. The highest BCUT2D eigenvalue weighted by Gasteiger charge is 2.31. The molecule has 1 saturated heterocycles. The fourth-order valence-corrected chi connectivity index (χ4v) is 2.83. The number of carbonyl (C=O) groups is 1. The first kappa shape index (κ1) is 16.0. The van der Waals surface area contributed by atoms with Crippen LogP contribution < -0.4 is 10.1 Å². The highest BCUT2D eigenvalue weighted by Crippen LogP contribution is 2.27. The normalized spacial score (nSPS) is 19.6. The van der Waals surface area contributed by atoms with Crippen LogP contribution in [0.3, 0.4) is 0 Å². The minimum Gasteiger partial charge on any atom is -0.479 e. The molecule has 0 aliphatic carbocycles. The molecule has 1 aliphatic rings. The Morgan fingerprint density at radius 3 is 3.05 bits per heavy atom. The summed E-state index contributed by atoms with van der Waals surface area (Å²) in [4.78, 5) is 14.3. The number of likely N-dealkylation sites (tertiary alicyclic amines) is 1. The van der Waals surface area contributed by atoms with E-state index in [1.165, 1.54) is 18.2 Å². The standard InChI is InChI=1S/C15H20ClFN2O2/c1-10(21-14-6-5-11(17)8-13(14)16)15(20)19-7-3-4-12(19)9-18-2/h5-6,8,10,12,18H,3-4,7,9H2,1-2H3/t10-,12+/m1/s1. The van der Waals surface area contributed by atoms with Gasteiger partial charge in [-0.2, -0.15) is 0 Å². The Labute approximate surface area is 129 Å². The van der Waals surface area contributed by atoms with Crippen LogP contribution in [0, 0.1) is 5.82 Å². The molecular formula is C15H20ClFN2O2. The van der Waals surface area contributed by atoms with Crippen LogP contribution in [-0.4, -0.2) is 43.1 Å². The van der Waals surface area contributed by atoms with Crippen molar-refractivity contribution in [1.82, 2.24) is 10.2 Å². The number of likely N-dealkylation sites (N-methyl/N-ethyl adjacent to an activating group) is 1. The minimum absolute atomic E-state index is 0.0619. The van der Waals surface area contributed by atoms with Gasteiger partial charge in [0, 0.05) is 19.1 Å². The number of rotatable bonds is 5. The number of amides is 1. The number of nitrogens with zero attached hydrogens (tertiary/aromatic N) is 1. The van der Waals surface area contributed by atoms with E-state index >= 15 is 0 Å². The molecule has 0 aromatic heterocycles. The van der Waals surface area contributed by atoms with Crippen molar-refractivity contribution in [1.29, 1.82) is 0 Å². The van der Waals surface area contributed by atoms with E-state index < -0.39 is 11.9 Å². The zero-order valence-electron chi connectivity index (χ0n) is 12.2. The van der Waals surface area contributed by atoms with Gasteiger partial charge in [0.05, 0.1) is 5.02 Å². The smallest absolute Gasteiger partial charge is 0.263 e. The molecule has 0 radical (unpaired) electrons. The number of hydrogen-bond donors (Lipinski definition) is 1.